The summed E-state index contributed by atoms with van der Waals surface area (Å²) in [4.78, 5) is 4.11. The Kier molecular flexibility index (Phi) is 4.55. The van der Waals surface area contributed by atoms with Gasteiger partial charge in [-0.1, -0.05) is 6.07 Å². The maximum Gasteiger partial charge on any atom is 0.419 e. The number of likely N-dealkylation sites (N-methyl/N-ethyl adjacent to an activating group) is 2. The van der Waals surface area contributed by atoms with Gasteiger partial charge in [0.1, 0.15) is 5.82 Å². The van der Waals surface area contributed by atoms with Crippen molar-refractivity contribution in [1.82, 2.24) is 9.80 Å². The quantitative estimate of drug-likeness (QED) is 0.849. The Hall–Kier alpha value is -1.18. The van der Waals surface area contributed by atoms with Gasteiger partial charge in [0.05, 0.1) is 5.56 Å². The van der Waals surface area contributed by atoms with E-state index in [1.54, 1.807) is 0 Å². The second kappa shape index (κ2) is 5.90. The van der Waals surface area contributed by atoms with Gasteiger partial charge in [-0.3, -0.25) is 4.90 Å². The SMILES string of the molecule is CN1CCN(C)C(C(N)c2ccc(F)c(C(F)(F)F)c2)C1. The van der Waals surface area contributed by atoms with E-state index in [0.717, 1.165) is 25.2 Å². The number of nitrogens with two attached hydrogens (primary N) is 1. The summed E-state index contributed by atoms with van der Waals surface area (Å²) in [5.41, 5.74) is 5.17. The Morgan fingerprint density at radius 1 is 1.24 bits per heavy atom. The van der Waals surface area contributed by atoms with E-state index in [1.807, 2.05) is 19.0 Å². The van der Waals surface area contributed by atoms with Gasteiger partial charge in [0.15, 0.2) is 0 Å². The molecule has 2 rings (SSSR count). The summed E-state index contributed by atoms with van der Waals surface area (Å²) < 4.78 is 51.7. The molecule has 0 bridgehead atoms. The summed E-state index contributed by atoms with van der Waals surface area (Å²) >= 11 is 0. The van der Waals surface area contributed by atoms with Crippen LogP contribution in [-0.4, -0.2) is 49.6 Å². The largest absolute Gasteiger partial charge is 0.419 e. The fraction of sp³-hybridized carbons (Fsp3) is 0.571. The van der Waals surface area contributed by atoms with Crippen molar-refractivity contribution >= 4 is 0 Å². The number of rotatable bonds is 2. The highest BCUT2D eigenvalue weighted by molar-refractivity contribution is 5.30. The third-order valence-corrected chi connectivity index (χ3v) is 3.99. The highest BCUT2D eigenvalue weighted by Gasteiger charge is 2.36. The Balaban J connectivity index is 2.29. The van der Waals surface area contributed by atoms with Crippen molar-refractivity contribution in [3.8, 4) is 0 Å². The van der Waals surface area contributed by atoms with Gasteiger partial charge in [0.2, 0.25) is 0 Å². The molecule has 1 aliphatic rings. The average Bonchev–Trinajstić information content (AvgIpc) is 2.40. The number of piperazine rings is 1. The van der Waals surface area contributed by atoms with Crippen LogP contribution in [0.4, 0.5) is 17.6 Å². The summed E-state index contributed by atoms with van der Waals surface area (Å²) in [7, 11) is 3.84. The lowest BCUT2D eigenvalue weighted by Crippen LogP contribution is -2.54. The van der Waals surface area contributed by atoms with E-state index in [1.165, 1.54) is 6.07 Å². The second-order valence-corrected chi connectivity index (χ2v) is 5.57. The molecule has 1 aromatic carbocycles. The molecular weight excluding hydrogens is 286 g/mol. The number of halogens is 4. The lowest BCUT2D eigenvalue weighted by atomic mass is 9.95. The van der Waals surface area contributed by atoms with Crippen molar-refractivity contribution in [1.29, 1.82) is 0 Å². The van der Waals surface area contributed by atoms with Crippen LogP contribution in [0.15, 0.2) is 18.2 Å². The minimum atomic E-state index is -4.71. The summed E-state index contributed by atoms with van der Waals surface area (Å²) in [5, 5.41) is 0. The van der Waals surface area contributed by atoms with Gasteiger partial charge >= 0.3 is 6.18 Å². The van der Waals surface area contributed by atoms with E-state index in [-0.39, 0.29) is 6.04 Å². The molecule has 0 aliphatic carbocycles. The summed E-state index contributed by atoms with van der Waals surface area (Å²) in [6, 6.07) is 2.29. The molecule has 0 amide bonds. The standard InChI is InChI=1S/C14H19F4N3/c1-20-5-6-21(2)12(8-20)13(19)9-3-4-11(15)10(7-9)14(16,17)18/h3-4,7,12-13H,5-6,8,19H2,1-2H3. The van der Waals surface area contributed by atoms with Gasteiger partial charge in [-0.05, 0) is 31.8 Å². The van der Waals surface area contributed by atoms with Gasteiger partial charge in [0, 0.05) is 31.7 Å². The normalized spacial score (nSPS) is 23.3. The molecule has 1 heterocycles. The van der Waals surface area contributed by atoms with Crippen molar-refractivity contribution in [2.75, 3.05) is 33.7 Å². The lowest BCUT2D eigenvalue weighted by molar-refractivity contribution is -0.140. The molecule has 0 aromatic heterocycles. The number of hydrogen-bond acceptors (Lipinski definition) is 3. The fourth-order valence-corrected chi connectivity index (χ4v) is 2.62. The lowest BCUT2D eigenvalue weighted by Gasteiger charge is -2.40. The molecule has 7 heteroatoms. The number of nitrogens with zero attached hydrogens (tertiary/aromatic N) is 2. The van der Waals surface area contributed by atoms with Crippen LogP contribution in [0.1, 0.15) is 17.2 Å². The molecule has 2 N–H and O–H groups in total. The molecule has 1 aromatic rings. The number of hydrogen-bond donors (Lipinski definition) is 1. The van der Waals surface area contributed by atoms with Crippen LogP contribution in [-0.2, 0) is 6.18 Å². The first-order chi connectivity index (χ1) is 9.70. The zero-order valence-electron chi connectivity index (χ0n) is 12.0. The van der Waals surface area contributed by atoms with E-state index >= 15 is 0 Å². The van der Waals surface area contributed by atoms with E-state index in [2.05, 4.69) is 4.90 Å². The third-order valence-electron chi connectivity index (χ3n) is 3.99. The zero-order valence-corrected chi connectivity index (χ0v) is 12.0. The molecule has 1 fully saturated rings. The third kappa shape index (κ3) is 3.53. The predicted molar refractivity (Wildman–Crippen MR) is 72.2 cm³/mol. The molecular formula is C14H19F4N3. The minimum Gasteiger partial charge on any atom is -0.323 e. The monoisotopic (exact) mass is 305 g/mol. The van der Waals surface area contributed by atoms with E-state index < -0.39 is 23.6 Å². The molecule has 1 saturated heterocycles. The molecule has 2 atom stereocenters. The Labute approximate surface area is 121 Å². The second-order valence-electron chi connectivity index (χ2n) is 5.57. The summed E-state index contributed by atoms with van der Waals surface area (Å²) in [6.07, 6.45) is -4.71. The van der Waals surface area contributed by atoms with Crippen LogP contribution in [0, 0.1) is 5.82 Å². The Morgan fingerprint density at radius 3 is 2.52 bits per heavy atom. The first-order valence-corrected chi connectivity index (χ1v) is 6.71. The highest BCUT2D eigenvalue weighted by atomic mass is 19.4. The molecule has 0 saturated carbocycles. The van der Waals surface area contributed by atoms with Crippen LogP contribution in [0.3, 0.4) is 0 Å². The van der Waals surface area contributed by atoms with Crippen molar-refractivity contribution in [2.24, 2.45) is 5.73 Å². The topological polar surface area (TPSA) is 32.5 Å². The van der Waals surface area contributed by atoms with Crippen molar-refractivity contribution < 1.29 is 17.6 Å². The smallest absolute Gasteiger partial charge is 0.323 e. The first kappa shape index (κ1) is 16.2. The van der Waals surface area contributed by atoms with Gasteiger partial charge in [-0.15, -0.1) is 0 Å². The maximum atomic E-state index is 13.3. The van der Waals surface area contributed by atoms with Crippen LogP contribution in [0.2, 0.25) is 0 Å². The van der Waals surface area contributed by atoms with Crippen molar-refractivity contribution in [3.05, 3.63) is 35.1 Å². The summed E-state index contributed by atoms with van der Waals surface area (Å²) in [5.74, 6) is -1.27. The molecule has 1 aliphatic heterocycles. The molecule has 21 heavy (non-hydrogen) atoms. The fourth-order valence-electron chi connectivity index (χ4n) is 2.62. The molecule has 118 valence electrons. The Morgan fingerprint density at radius 2 is 1.90 bits per heavy atom. The molecule has 0 spiro atoms. The van der Waals surface area contributed by atoms with Gasteiger partial charge < -0.3 is 10.6 Å². The van der Waals surface area contributed by atoms with Crippen LogP contribution in [0.25, 0.3) is 0 Å². The highest BCUT2D eigenvalue weighted by Crippen LogP contribution is 2.33. The first-order valence-electron chi connectivity index (χ1n) is 6.71. The van der Waals surface area contributed by atoms with E-state index in [9.17, 15) is 17.6 Å². The average molecular weight is 305 g/mol. The molecule has 3 nitrogen and oxygen atoms in total. The van der Waals surface area contributed by atoms with E-state index in [4.69, 9.17) is 5.73 Å². The van der Waals surface area contributed by atoms with Crippen LogP contribution >= 0.6 is 0 Å². The number of benzene rings is 1. The summed E-state index contributed by atoms with van der Waals surface area (Å²) in [6.45, 7) is 2.34. The van der Waals surface area contributed by atoms with Crippen molar-refractivity contribution in [2.45, 2.75) is 18.3 Å². The van der Waals surface area contributed by atoms with Crippen LogP contribution in [0.5, 0.6) is 0 Å². The number of alkyl halides is 3. The Bertz CT molecular complexity index is 503. The van der Waals surface area contributed by atoms with Gasteiger partial charge in [0.25, 0.3) is 0 Å². The predicted octanol–water partition coefficient (Wildman–Crippen LogP) is 2.09. The molecule has 2 unspecified atom stereocenters. The van der Waals surface area contributed by atoms with Gasteiger partial charge in [-0.25, -0.2) is 4.39 Å². The van der Waals surface area contributed by atoms with E-state index in [0.29, 0.717) is 12.1 Å². The molecule has 0 radical (unpaired) electrons. The van der Waals surface area contributed by atoms with Gasteiger partial charge in [-0.2, -0.15) is 13.2 Å². The minimum absolute atomic E-state index is 0.102. The maximum absolute atomic E-state index is 13.3. The van der Waals surface area contributed by atoms with Crippen LogP contribution < -0.4 is 5.73 Å². The van der Waals surface area contributed by atoms with Crippen molar-refractivity contribution in [3.63, 3.8) is 0 Å². The zero-order chi connectivity index (χ0) is 15.8.